The predicted molar refractivity (Wildman–Crippen MR) is 91.5 cm³/mol. The summed E-state index contributed by atoms with van der Waals surface area (Å²) in [5, 5.41) is 19.9. The lowest BCUT2D eigenvalue weighted by atomic mass is 10.2. The molecule has 0 aliphatic carbocycles. The minimum absolute atomic E-state index is 0.269. The van der Waals surface area contributed by atoms with E-state index in [1.165, 1.54) is 12.0 Å². The second kappa shape index (κ2) is 7.94. The second-order valence-electron chi connectivity index (χ2n) is 5.52. The molecule has 1 heterocycles. The smallest absolute Gasteiger partial charge is 0.287 e. The molecule has 1 aromatic carbocycles. The van der Waals surface area contributed by atoms with Crippen molar-refractivity contribution in [2.45, 2.75) is 13.1 Å². The number of amides is 1. The largest absolute Gasteiger partial charge is 0.497 e. The van der Waals surface area contributed by atoms with Crippen molar-refractivity contribution >= 4 is 11.6 Å². The maximum Gasteiger partial charge on any atom is 0.287 e. The molecule has 0 aliphatic heterocycles. The summed E-state index contributed by atoms with van der Waals surface area (Å²) in [6.07, 6.45) is 0.959. The Morgan fingerprint density at radius 3 is 2.77 bits per heavy atom. The molecule has 9 nitrogen and oxygen atoms in total. The van der Waals surface area contributed by atoms with E-state index in [-0.39, 0.29) is 12.1 Å². The van der Waals surface area contributed by atoms with Gasteiger partial charge in [0, 0.05) is 19.7 Å². The number of pyridine rings is 1. The zero-order valence-electron chi connectivity index (χ0n) is 14.2. The van der Waals surface area contributed by atoms with Crippen molar-refractivity contribution in [2.24, 2.45) is 0 Å². The molecule has 0 atom stereocenters. The molecule has 0 bridgehead atoms. The van der Waals surface area contributed by atoms with E-state index in [9.17, 15) is 19.7 Å². The van der Waals surface area contributed by atoms with E-state index in [1.54, 1.807) is 31.3 Å². The number of carbonyl (C=O) groups excluding carboxylic acids is 1. The van der Waals surface area contributed by atoms with E-state index < -0.39 is 28.6 Å². The molecule has 0 saturated carbocycles. The van der Waals surface area contributed by atoms with Gasteiger partial charge in [0.2, 0.25) is 5.91 Å². The van der Waals surface area contributed by atoms with Crippen LogP contribution >= 0.6 is 0 Å². The fourth-order valence-corrected chi connectivity index (χ4v) is 2.32. The predicted octanol–water partition coefficient (Wildman–Crippen LogP) is 1.30. The molecule has 1 amide bonds. The number of nitro groups is 1. The van der Waals surface area contributed by atoms with Gasteiger partial charge < -0.3 is 9.64 Å². The van der Waals surface area contributed by atoms with Gasteiger partial charge in [0.15, 0.2) is 0 Å². The number of nitriles is 1. The maximum absolute atomic E-state index is 12.4. The summed E-state index contributed by atoms with van der Waals surface area (Å²) in [7, 11) is 3.09. The quantitative estimate of drug-likeness (QED) is 0.568. The average Bonchev–Trinajstić information content (AvgIpc) is 2.63. The summed E-state index contributed by atoms with van der Waals surface area (Å²) in [6, 6.07) is 9.66. The number of rotatable bonds is 6. The number of hydrogen-bond donors (Lipinski definition) is 0. The number of nitrogens with zero attached hydrogens (tertiary/aromatic N) is 4. The van der Waals surface area contributed by atoms with Crippen LogP contribution in [0.1, 0.15) is 11.1 Å². The van der Waals surface area contributed by atoms with E-state index in [0.29, 0.717) is 5.75 Å². The molecule has 9 heteroatoms. The van der Waals surface area contributed by atoms with Crippen LogP contribution in [0.15, 0.2) is 41.3 Å². The highest BCUT2D eigenvalue weighted by molar-refractivity contribution is 5.75. The topological polar surface area (TPSA) is 118 Å². The third-order valence-corrected chi connectivity index (χ3v) is 3.69. The van der Waals surface area contributed by atoms with Crippen LogP contribution in [0.25, 0.3) is 0 Å². The first-order valence-electron chi connectivity index (χ1n) is 7.51. The number of likely N-dealkylation sites (N-methyl/N-ethyl adjacent to an activating group) is 1. The number of benzene rings is 1. The summed E-state index contributed by atoms with van der Waals surface area (Å²) in [6.45, 7) is -0.138. The van der Waals surface area contributed by atoms with Crippen LogP contribution in [0.2, 0.25) is 0 Å². The summed E-state index contributed by atoms with van der Waals surface area (Å²) in [5.41, 5.74) is -0.739. The van der Waals surface area contributed by atoms with Crippen LogP contribution in [0, 0.1) is 21.4 Å². The number of ether oxygens (including phenoxy) is 1. The van der Waals surface area contributed by atoms with Gasteiger partial charge in [0.05, 0.1) is 18.2 Å². The number of aromatic nitrogens is 1. The summed E-state index contributed by atoms with van der Waals surface area (Å²) in [5.74, 6) is 0.219. The standard InChI is InChI=1S/C17H16N4O5/c1-19(9-12-4-3-5-15(6-12)26-2)16(22)11-20-10-14(21(24)25)7-13(8-18)17(20)23/h3-7,10H,9,11H2,1-2H3. The van der Waals surface area contributed by atoms with E-state index in [4.69, 9.17) is 10.00 Å². The van der Waals surface area contributed by atoms with Gasteiger partial charge in [-0.3, -0.25) is 24.3 Å². The van der Waals surface area contributed by atoms with Crippen molar-refractivity contribution in [1.29, 1.82) is 5.26 Å². The lowest BCUT2D eigenvalue weighted by molar-refractivity contribution is -0.385. The molecule has 0 unspecified atom stereocenters. The second-order valence-corrected chi connectivity index (χ2v) is 5.52. The van der Waals surface area contributed by atoms with E-state index in [0.717, 1.165) is 22.4 Å². The summed E-state index contributed by atoms with van der Waals surface area (Å²) in [4.78, 5) is 36.1. The highest BCUT2D eigenvalue weighted by Gasteiger charge is 2.17. The number of methoxy groups -OCH3 is 1. The first-order valence-corrected chi connectivity index (χ1v) is 7.51. The van der Waals surface area contributed by atoms with E-state index >= 15 is 0 Å². The van der Waals surface area contributed by atoms with Gasteiger partial charge >= 0.3 is 0 Å². The van der Waals surface area contributed by atoms with Crippen LogP contribution in [0.3, 0.4) is 0 Å². The molecule has 2 aromatic rings. The Morgan fingerprint density at radius 2 is 2.15 bits per heavy atom. The zero-order valence-corrected chi connectivity index (χ0v) is 14.2. The van der Waals surface area contributed by atoms with Gasteiger partial charge in [-0.1, -0.05) is 12.1 Å². The Hall–Kier alpha value is -3.67. The monoisotopic (exact) mass is 356 g/mol. The van der Waals surface area contributed by atoms with Crippen molar-refractivity contribution in [3.8, 4) is 11.8 Å². The Bertz CT molecular complexity index is 945. The minimum Gasteiger partial charge on any atom is -0.497 e. The van der Waals surface area contributed by atoms with Crippen LogP contribution in [-0.4, -0.2) is 34.5 Å². The van der Waals surface area contributed by atoms with Crippen molar-refractivity contribution in [3.05, 3.63) is 68.1 Å². The van der Waals surface area contributed by atoms with Crippen molar-refractivity contribution in [3.63, 3.8) is 0 Å². The Labute approximate surface area is 148 Å². The molecule has 26 heavy (non-hydrogen) atoms. The molecule has 0 saturated heterocycles. The molecule has 134 valence electrons. The SMILES string of the molecule is COc1cccc(CN(C)C(=O)Cn2cc([N+](=O)[O-])cc(C#N)c2=O)c1. The molecule has 0 fully saturated rings. The van der Waals surface area contributed by atoms with Crippen LogP contribution in [0.5, 0.6) is 5.75 Å². The Balaban J connectivity index is 2.21. The minimum atomic E-state index is -0.749. The average molecular weight is 356 g/mol. The normalized spacial score (nSPS) is 10.0. The first-order chi connectivity index (χ1) is 12.3. The van der Waals surface area contributed by atoms with Crippen molar-refractivity contribution in [2.75, 3.05) is 14.2 Å². The first kappa shape index (κ1) is 18.7. The molecular weight excluding hydrogens is 340 g/mol. The molecular formula is C17H16N4O5. The van der Waals surface area contributed by atoms with Gasteiger partial charge in [-0.2, -0.15) is 5.26 Å². The Morgan fingerprint density at radius 1 is 1.42 bits per heavy atom. The number of carbonyl (C=O) groups is 1. The third-order valence-electron chi connectivity index (χ3n) is 3.69. The lowest BCUT2D eigenvalue weighted by Gasteiger charge is -2.18. The highest BCUT2D eigenvalue weighted by Crippen LogP contribution is 2.14. The fourth-order valence-electron chi connectivity index (χ4n) is 2.32. The van der Waals surface area contributed by atoms with E-state index in [1.807, 2.05) is 6.07 Å². The maximum atomic E-state index is 12.4. The van der Waals surface area contributed by atoms with Crippen LogP contribution < -0.4 is 10.3 Å². The lowest BCUT2D eigenvalue weighted by Crippen LogP contribution is -2.34. The van der Waals surface area contributed by atoms with Gasteiger partial charge in [-0.05, 0) is 17.7 Å². The third kappa shape index (κ3) is 4.24. The molecule has 1 aromatic heterocycles. The molecule has 0 aliphatic rings. The Kier molecular flexibility index (Phi) is 5.70. The van der Waals surface area contributed by atoms with Crippen molar-refractivity contribution < 1.29 is 14.5 Å². The molecule has 0 N–H and O–H groups in total. The molecule has 0 spiro atoms. The van der Waals surface area contributed by atoms with E-state index in [2.05, 4.69) is 0 Å². The van der Waals surface area contributed by atoms with Gasteiger partial charge in [-0.25, -0.2) is 0 Å². The number of hydrogen-bond acceptors (Lipinski definition) is 6. The fraction of sp³-hybridized carbons (Fsp3) is 0.235. The molecule has 2 rings (SSSR count). The summed E-state index contributed by atoms with van der Waals surface area (Å²) < 4.78 is 6.00. The van der Waals surface area contributed by atoms with Gasteiger partial charge in [0.1, 0.15) is 23.9 Å². The van der Waals surface area contributed by atoms with Crippen molar-refractivity contribution in [1.82, 2.24) is 9.47 Å². The van der Waals surface area contributed by atoms with Gasteiger partial charge in [-0.15, -0.1) is 0 Å². The van der Waals surface area contributed by atoms with Crippen LogP contribution in [0.4, 0.5) is 5.69 Å². The summed E-state index contributed by atoms with van der Waals surface area (Å²) >= 11 is 0. The molecule has 0 radical (unpaired) electrons. The van der Waals surface area contributed by atoms with Crippen LogP contribution in [-0.2, 0) is 17.9 Å². The van der Waals surface area contributed by atoms with Gasteiger partial charge in [0.25, 0.3) is 11.2 Å². The zero-order chi connectivity index (χ0) is 19.3. The highest BCUT2D eigenvalue weighted by atomic mass is 16.6.